The zero-order valence-corrected chi connectivity index (χ0v) is 22.4. The number of benzene rings is 2. The number of hydrogen-bond donors (Lipinski definition) is 1. The number of fused-ring (bicyclic) bond motifs is 2. The van der Waals surface area contributed by atoms with Crippen LogP contribution in [0.5, 0.6) is 0 Å². The molecule has 0 aliphatic carbocycles. The van der Waals surface area contributed by atoms with Crippen molar-refractivity contribution < 1.29 is 31.1 Å². The fraction of sp³-hybridized carbons (Fsp3) is 0.500. The first-order valence-electron chi connectivity index (χ1n) is 14.1. The molecule has 1 amide bonds. The molecule has 11 heteroatoms. The molecule has 3 aromatic rings. The number of aromatic nitrogens is 1. The highest BCUT2D eigenvalue weighted by molar-refractivity contribution is 5.95. The van der Waals surface area contributed by atoms with Crippen molar-refractivity contribution in [2.24, 2.45) is 0 Å². The Balaban J connectivity index is 1.33. The van der Waals surface area contributed by atoms with Crippen LogP contribution in [0.3, 0.4) is 0 Å². The third kappa shape index (κ3) is 5.70. The molecule has 41 heavy (non-hydrogen) atoms. The van der Waals surface area contributed by atoms with E-state index in [1.807, 2.05) is 30.5 Å². The van der Waals surface area contributed by atoms with E-state index in [1.54, 1.807) is 0 Å². The van der Waals surface area contributed by atoms with Crippen LogP contribution in [0.25, 0.3) is 10.9 Å². The van der Waals surface area contributed by atoms with Crippen molar-refractivity contribution >= 4 is 16.8 Å². The van der Waals surface area contributed by atoms with Gasteiger partial charge in [0.15, 0.2) is 0 Å². The number of carbonyl (C=O) groups is 1. The summed E-state index contributed by atoms with van der Waals surface area (Å²) in [5.41, 5.74) is -1.67. The van der Waals surface area contributed by atoms with Gasteiger partial charge in [0, 0.05) is 60.4 Å². The first kappa shape index (κ1) is 28.1. The maximum atomic E-state index is 13.9. The van der Waals surface area contributed by atoms with E-state index in [-0.39, 0.29) is 18.7 Å². The Morgan fingerprint density at radius 2 is 1.46 bits per heavy atom. The van der Waals surface area contributed by atoms with E-state index in [9.17, 15) is 31.1 Å². The minimum absolute atomic E-state index is 0.00454. The standard InChI is InChI=1S/C30H32F6N4O/c31-29(32,33)21-11-19(12-22(14-21)30(34,35)36)28(41)40-18-24-8-7-23(38-9-3-4-10-38)16-39(24)17-25(40)13-20-15-37-27-6-2-1-5-26(20)27/h1-2,5-6,11-12,14-15,23-25,37H,3-4,7-10,13,16-18H2. The molecule has 1 aromatic heterocycles. The van der Waals surface area contributed by atoms with Crippen LogP contribution in [0.1, 0.15) is 52.7 Å². The molecule has 220 valence electrons. The van der Waals surface area contributed by atoms with Crippen molar-refractivity contribution in [2.45, 2.75) is 62.6 Å². The molecular weight excluding hydrogens is 546 g/mol. The molecule has 3 aliphatic rings. The summed E-state index contributed by atoms with van der Waals surface area (Å²) in [7, 11) is 0. The van der Waals surface area contributed by atoms with E-state index in [1.165, 1.54) is 17.7 Å². The highest BCUT2D eigenvalue weighted by Crippen LogP contribution is 2.38. The third-order valence-corrected chi connectivity index (χ3v) is 8.97. The number of carbonyl (C=O) groups excluding carboxylic acids is 1. The van der Waals surface area contributed by atoms with Gasteiger partial charge in [-0.05, 0) is 75.0 Å². The lowest BCUT2D eigenvalue weighted by atomic mass is 9.90. The summed E-state index contributed by atoms with van der Waals surface area (Å²) in [4.78, 5) is 23.5. The van der Waals surface area contributed by atoms with Crippen molar-refractivity contribution in [3.8, 4) is 0 Å². The fourth-order valence-corrected chi connectivity index (χ4v) is 6.88. The first-order chi connectivity index (χ1) is 19.5. The van der Waals surface area contributed by atoms with Gasteiger partial charge in [0.2, 0.25) is 0 Å². The maximum Gasteiger partial charge on any atom is 0.416 e. The number of aromatic amines is 1. The zero-order valence-electron chi connectivity index (χ0n) is 22.4. The van der Waals surface area contributed by atoms with Gasteiger partial charge in [-0.1, -0.05) is 18.2 Å². The molecule has 0 spiro atoms. The van der Waals surface area contributed by atoms with Crippen molar-refractivity contribution in [2.75, 3.05) is 32.7 Å². The number of piperazine rings is 1. The molecule has 0 radical (unpaired) electrons. The minimum atomic E-state index is -5.02. The predicted octanol–water partition coefficient (Wildman–Crippen LogP) is 6.20. The Kier molecular flexibility index (Phi) is 7.30. The lowest BCUT2D eigenvalue weighted by Crippen LogP contribution is -2.64. The number of nitrogens with one attached hydrogen (secondary N) is 1. The molecule has 3 fully saturated rings. The van der Waals surface area contributed by atoms with Gasteiger partial charge in [-0.3, -0.25) is 14.6 Å². The average Bonchev–Trinajstić information content (AvgIpc) is 3.62. The molecule has 3 atom stereocenters. The zero-order chi connectivity index (χ0) is 28.9. The number of piperidine rings is 1. The fourth-order valence-electron chi connectivity index (χ4n) is 6.88. The predicted molar refractivity (Wildman–Crippen MR) is 142 cm³/mol. The van der Waals surface area contributed by atoms with Crippen molar-refractivity contribution in [3.05, 3.63) is 70.9 Å². The summed E-state index contributed by atoms with van der Waals surface area (Å²) >= 11 is 0. The van der Waals surface area contributed by atoms with Crippen LogP contribution in [-0.2, 0) is 18.8 Å². The molecule has 2 aromatic carbocycles. The van der Waals surface area contributed by atoms with Crippen LogP contribution in [0.2, 0.25) is 0 Å². The van der Waals surface area contributed by atoms with Crippen LogP contribution >= 0.6 is 0 Å². The van der Waals surface area contributed by atoms with Crippen molar-refractivity contribution in [1.29, 1.82) is 0 Å². The Labute approximate surface area is 234 Å². The molecule has 1 N–H and O–H groups in total. The van der Waals surface area contributed by atoms with E-state index in [2.05, 4.69) is 14.8 Å². The molecule has 3 unspecified atom stereocenters. The Hall–Kier alpha value is -3.05. The second-order valence-electron chi connectivity index (χ2n) is 11.6. The summed E-state index contributed by atoms with van der Waals surface area (Å²) < 4.78 is 81.6. The third-order valence-electron chi connectivity index (χ3n) is 8.97. The van der Waals surface area contributed by atoms with E-state index >= 15 is 0 Å². The number of rotatable bonds is 4. The molecule has 0 saturated carbocycles. The smallest absolute Gasteiger partial charge is 0.361 e. The van der Waals surface area contributed by atoms with Gasteiger partial charge in [0.25, 0.3) is 5.91 Å². The number of halogens is 6. The van der Waals surface area contributed by atoms with Crippen LogP contribution in [0.4, 0.5) is 26.3 Å². The van der Waals surface area contributed by atoms with Crippen LogP contribution in [0, 0.1) is 0 Å². The van der Waals surface area contributed by atoms with Crippen LogP contribution < -0.4 is 0 Å². The topological polar surface area (TPSA) is 42.6 Å². The quantitative estimate of drug-likeness (QED) is 0.375. The summed E-state index contributed by atoms with van der Waals surface area (Å²) in [6.45, 7) is 3.76. The van der Waals surface area contributed by atoms with E-state index < -0.39 is 41.0 Å². The average molecular weight is 579 g/mol. The number of amides is 1. The Bertz CT molecular complexity index is 1380. The van der Waals surface area contributed by atoms with E-state index in [0.717, 1.165) is 48.9 Å². The SMILES string of the molecule is O=C(c1cc(C(F)(F)F)cc(C(F)(F)F)c1)N1CC2CCC(N3CCCC3)CN2CC1Cc1c[nH]c2ccccc12. The molecule has 0 bridgehead atoms. The molecular formula is C30H32F6N4O. The van der Waals surface area contributed by atoms with Gasteiger partial charge in [-0.2, -0.15) is 26.3 Å². The van der Waals surface area contributed by atoms with E-state index in [4.69, 9.17) is 0 Å². The highest BCUT2D eigenvalue weighted by Gasteiger charge is 2.43. The summed E-state index contributed by atoms with van der Waals surface area (Å²) in [6, 6.07) is 8.89. The van der Waals surface area contributed by atoms with Gasteiger partial charge >= 0.3 is 12.4 Å². The second-order valence-corrected chi connectivity index (χ2v) is 11.6. The number of H-pyrrole nitrogens is 1. The molecule has 3 saturated heterocycles. The lowest BCUT2D eigenvalue weighted by molar-refractivity contribution is -0.143. The highest BCUT2D eigenvalue weighted by atomic mass is 19.4. The van der Waals surface area contributed by atoms with E-state index in [0.29, 0.717) is 31.1 Å². The maximum absolute atomic E-state index is 13.9. The van der Waals surface area contributed by atoms with Gasteiger partial charge in [-0.25, -0.2) is 0 Å². The van der Waals surface area contributed by atoms with Gasteiger partial charge < -0.3 is 9.88 Å². The Morgan fingerprint density at radius 3 is 2.12 bits per heavy atom. The Morgan fingerprint density at radius 1 is 0.829 bits per heavy atom. The largest absolute Gasteiger partial charge is 0.416 e. The van der Waals surface area contributed by atoms with Crippen molar-refractivity contribution in [3.63, 3.8) is 0 Å². The van der Waals surface area contributed by atoms with Gasteiger partial charge in [0.1, 0.15) is 0 Å². The summed E-state index contributed by atoms with van der Waals surface area (Å²) in [5, 5.41) is 0.981. The lowest BCUT2D eigenvalue weighted by Gasteiger charge is -2.51. The summed E-state index contributed by atoms with van der Waals surface area (Å²) in [6.07, 6.45) is -3.60. The molecule has 4 heterocycles. The number of likely N-dealkylation sites (tertiary alicyclic amines) is 1. The van der Waals surface area contributed by atoms with Crippen LogP contribution in [0.15, 0.2) is 48.7 Å². The monoisotopic (exact) mass is 578 g/mol. The summed E-state index contributed by atoms with van der Waals surface area (Å²) in [5.74, 6) is -0.798. The van der Waals surface area contributed by atoms with Gasteiger partial charge in [-0.15, -0.1) is 0 Å². The second kappa shape index (κ2) is 10.7. The number of para-hydroxylation sites is 1. The van der Waals surface area contributed by atoms with Crippen molar-refractivity contribution in [1.82, 2.24) is 19.7 Å². The molecule has 5 nitrogen and oxygen atoms in total. The number of alkyl halides is 6. The molecule has 3 aliphatic heterocycles. The minimum Gasteiger partial charge on any atom is -0.361 e. The normalized spacial score (nSPS) is 24.6. The number of hydrogen-bond acceptors (Lipinski definition) is 3. The molecule has 6 rings (SSSR count). The first-order valence-corrected chi connectivity index (χ1v) is 14.1. The number of nitrogens with zero attached hydrogens (tertiary/aromatic N) is 3. The van der Waals surface area contributed by atoms with Crippen LogP contribution in [-0.4, -0.2) is 76.4 Å². The van der Waals surface area contributed by atoms with Gasteiger partial charge in [0.05, 0.1) is 11.1 Å².